The Morgan fingerprint density at radius 1 is 0.750 bits per heavy atom. The second kappa shape index (κ2) is 11.9. The zero-order valence-electron chi connectivity index (χ0n) is 21.2. The van der Waals surface area contributed by atoms with Crippen LogP contribution in [0.15, 0.2) is 103 Å². The Bertz CT molecular complexity index is 1540. The topological polar surface area (TPSA) is 59.1 Å². The highest BCUT2D eigenvalue weighted by atomic mass is 35.5. The summed E-state index contributed by atoms with van der Waals surface area (Å²) in [4.78, 5) is 30.1. The first-order valence-electron chi connectivity index (χ1n) is 12.2. The van der Waals surface area contributed by atoms with Gasteiger partial charge in [-0.3, -0.25) is 19.4 Å². The van der Waals surface area contributed by atoms with Gasteiger partial charge in [0.25, 0.3) is 11.8 Å². The van der Waals surface area contributed by atoms with Crippen molar-refractivity contribution in [3.8, 4) is 11.5 Å². The second-order valence-electron chi connectivity index (χ2n) is 8.69. The van der Waals surface area contributed by atoms with E-state index in [-0.39, 0.29) is 17.3 Å². The predicted molar refractivity (Wildman–Crippen MR) is 162 cm³/mol. The lowest BCUT2D eigenvalue weighted by Crippen LogP contribution is -2.56. The zero-order valence-corrected chi connectivity index (χ0v) is 23.5. The summed E-state index contributed by atoms with van der Waals surface area (Å²) in [6.45, 7) is 0.127. The first-order valence-corrected chi connectivity index (χ1v) is 13.3. The minimum absolute atomic E-state index is 0.0557. The van der Waals surface area contributed by atoms with Gasteiger partial charge in [-0.15, -0.1) is 0 Å². The molecule has 4 aromatic carbocycles. The summed E-state index contributed by atoms with van der Waals surface area (Å²) in [5.41, 5.74) is 2.26. The highest BCUT2D eigenvalue weighted by Crippen LogP contribution is 2.34. The molecular formula is C31H22Cl2N2O4S. The van der Waals surface area contributed by atoms with Crippen LogP contribution in [0.2, 0.25) is 10.0 Å². The Hall–Kier alpha value is -4.17. The Morgan fingerprint density at radius 2 is 1.30 bits per heavy atom. The van der Waals surface area contributed by atoms with Crippen LogP contribution in [0.3, 0.4) is 0 Å². The van der Waals surface area contributed by atoms with Gasteiger partial charge in [0.2, 0.25) is 0 Å². The van der Waals surface area contributed by atoms with Crippen LogP contribution >= 0.6 is 35.4 Å². The largest absolute Gasteiger partial charge is 0.493 e. The SMILES string of the molecule is COc1cc(C=C2C(=O)N(c3ccccc3)C(=S)N(c3ccccc3)C2=O)ccc1OCc1c(Cl)cccc1Cl. The van der Waals surface area contributed by atoms with Crippen molar-refractivity contribution in [3.05, 3.63) is 124 Å². The summed E-state index contributed by atoms with van der Waals surface area (Å²) in [7, 11) is 1.51. The highest BCUT2D eigenvalue weighted by molar-refractivity contribution is 7.81. The van der Waals surface area contributed by atoms with E-state index in [4.69, 9.17) is 44.9 Å². The molecule has 0 N–H and O–H groups in total. The van der Waals surface area contributed by atoms with Gasteiger partial charge in [0.05, 0.1) is 18.5 Å². The highest BCUT2D eigenvalue weighted by Gasteiger charge is 2.41. The lowest BCUT2D eigenvalue weighted by Gasteiger charge is -2.36. The molecule has 1 aliphatic rings. The molecule has 0 radical (unpaired) electrons. The number of carbonyl (C=O) groups is 2. The molecule has 1 fully saturated rings. The third-order valence-corrected chi connectivity index (χ3v) is 7.28. The van der Waals surface area contributed by atoms with E-state index in [1.165, 1.54) is 23.0 Å². The maximum Gasteiger partial charge on any atom is 0.270 e. The summed E-state index contributed by atoms with van der Waals surface area (Å²) >= 11 is 18.2. The quantitative estimate of drug-likeness (QED) is 0.128. The lowest BCUT2D eigenvalue weighted by atomic mass is 10.0. The van der Waals surface area contributed by atoms with E-state index in [1.54, 1.807) is 84.9 Å². The van der Waals surface area contributed by atoms with Crippen molar-refractivity contribution in [3.63, 3.8) is 0 Å². The van der Waals surface area contributed by atoms with Gasteiger partial charge in [-0.2, -0.15) is 0 Å². The minimum atomic E-state index is -0.527. The van der Waals surface area contributed by atoms with E-state index < -0.39 is 11.8 Å². The molecule has 0 atom stereocenters. The predicted octanol–water partition coefficient (Wildman–Crippen LogP) is 7.33. The lowest BCUT2D eigenvalue weighted by molar-refractivity contribution is -0.120. The van der Waals surface area contributed by atoms with Gasteiger partial charge in [-0.1, -0.05) is 71.7 Å². The molecular weight excluding hydrogens is 567 g/mol. The fourth-order valence-electron chi connectivity index (χ4n) is 4.22. The average Bonchev–Trinajstić information content (AvgIpc) is 2.96. The Labute approximate surface area is 246 Å². The van der Waals surface area contributed by atoms with Crippen molar-refractivity contribution in [2.75, 3.05) is 16.9 Å². The second-order valence-corrected chi connectivity index (χ2v) is 9.87. The van der Waals surface area contributed by atoms with Crippen molar-refractivity contribution >= 4 is 69.8 Å². The maximum absolute atomic E-state index is 13.7. The number of ether oxygens (including phenoxy) is 2. The van der Waals surface area contributed by atoms with E-state index in [9.17, 15) is 9.59 Å². The zero-order chi connectivity index (χ0) is 28.2. The number of halogens is 2. The van der Waals surface area contributed by atoms with Crippen LogP contribution in [-0.2, 0) is 16.2 Å². The number of hydrogen-bond donors (Lipinski definition) is 0. The monoisotopic (exact) mass is 588 g/mol. The molecule has 9 heteroatoms. The summed E-state index contributed by atoms with van der Waals surface area (Å²) in [6.07, 6.45) is 1.52. The number of thiocarbonyl (C=S) groups is 1. The number of benzene rings is 4. The van der Waals surface area contributed by atoms with Crippen LogP contribution in [0.25, 0.3) is 6.08 Å². The number of anilines is 2. The fourth-order valence-corrected chi connectivity index (χ4v) is 5.10. The van der Waals surface area contributed by atoms with Crippen LogP contribution in [0, 0.1) is 0 Å². The molecule has 200 valence electrons. The molecule has 4 aromatic rings. The molecule has 6 nitrogen and oxygen atoms in total. The number of methoxy groups -OCH3 is 1. The van der Waals surface area contributed by atoms with Crippen molar-refractivity contribution in [2.24, 2.45) is 0 Å². The molecule has 2 amide bonds. The summed E-state index contributed by atoms with van der Waals surface area (Å²) in [5.74, 6) is -0.203. The third-order valence-electron chi connectivity index (χ3n) is 6.21. The van der Waals surface area contributed by atoms with Crippen molar-refractivity contribution in [1.29, 1.82) is 0 Å². The molecule has 0 unspecified atom stereocenters. The van der Waals surface area contributed by atoms with Crippen LogP contribution in [0.5, 0.6) is 11.5 Å². The first kappa shape index (κ1) is 27.4. The van der Waals surface area contributed by atoms with E-state index in [2.05, 4.69) is 0 Å². The van der Waals surface area contributed by atoms with Gasteiger partial charge >= 0.3 is 0 Å². The van der Waals surface area contributed by atoms with Gasteiger partial charge in [-0.05, 0) is 72.4 Å². The van der Waals surface area contributed by atoms with E-state index in [0.29, 0.717) is 44.0 Å². The normalized spacial score (nSPS) is 13.5. The molecule has 0 aromatic heterocycles. The number of amides is 2. The van der Waals surface area contributed by atoms with Crippen LogP contribution in [0.4, 0.5) is 11.4 Å². The molecule has 0 saturated carbocycles. The minimum Gasteiger partial charge on any atom is -0.493 e. The van der Waals surface area contributed by atoms with Gasteiger partial charge in [-0.25, -0.2) is 0 Å². The third kappa shape index (κ3) is 5.45. The van der Waals surface area contributed by atoms with Crippen molar-refractivity contribution < 1.29 is 19.1 Å². The Balaban J connectivity index is 1.51. The van der Waals surface area contributed by atoms with Crippen molar-refractivity contribution in [2.45, 2.75) is 6.61 Å². The Kier molecular flexibility index (Phi) is 8.16. The molecule has 1 heterocycles. The van der Waals surface area contributed by atoms with Gasteiger partial charge < -0.3 is 9.47 Å². The smallest absolute Gasteiger partial charge is 0.270 e. The fraction of sp³-hybridized carbons (Fsp3) is 0.0645. The van der Waals surface area contributed by atoms with E-state index in [1.807, 2.05) is 12.1 Å². The standard InChI is InChI=1S/C31H22Cl2N2O4S/c1-38-28-18-20(15-16-27(28)39-19-24-25(32)13-8-14-26(24)33)17-23-29(36)34(21-9-4-2-5-10-21)31(40)35(30(23)37)22-11-6-3-7-12-22/h2-18H,19H2,1H3. The molecule has 40 heavy (non-hydrogen) atoms. The first-order chi connectivity index (χ1) is 19.4. The summed E-state index contributed by atoms with van der Waals surface area (Å²) in [6, 6.07) is 28.3. The van der Waals surface area contributed by atoms with Gasteiger partial charge in [0, 0.05) is 15.6 Å². The van der Waals surface area contributed by atoms with Gasteiger partial charge in [0.15, 0.2) is 16.6 Å². The van der Waals surface area contributed by atoms with E-state index >= 15 is 0 Å². The van der Waals surface area contributed by atoms with Gasteiger partial charge in [0.1, 0.15) is 12.2 Å². The number of hydrogen-bond acceptors (Lipinski definition) is 5. The number of nitrogens with zero attached hydrogens (tertiary/aromatic N) is 2. The summed E-state index contributed by atoms with van der Waals surface area (Å²) < 4.78 is 11.5. The molecule has 0 bridgehead atoms. The number of rotatable bonds is 7. The Morgan fingerprint density at radius 3 is 1.82 bits per heavy atom. The molecule has 1 aliphatic heterocycles. The molecule has 0 aliphatic carbocycles. The molecule has 0 spiro atoms. The molecule has 5 rings (SSSR count). The van der Waals surface area contributed by atoms with E-state index in [0.717, 1.165) is 0 Å². The number of carbonyl (C=O) groups excluding carboxylic acids is 2. The van der Waals surface area contributed by atoms with Crippen molar-refractivity contribution in [1.82, 2.24) is 0 Å². The average molecular weight is 590 g/mol. The maximum atomic E-state index is 13.7. The van der Waals surface area contributed by atoms with Crippen LogP contribution in [-0.4, -0.2) is 24.0 Å². The van der Waals surface area contributed by atoms with Crippen LogP contribution < -0.4 is 19.3 Å². The summed E-state index contributed by atoms with van der Waals surface area (Å²) in [5, 5.41) is 1.06. The molecule has 1 saturated heterocycles. The number of para-hydroxylation sites is 2. The van der Waals surface area contributed by atoms with Crippen LogP contribution in [0.1, 0.15) is 11.1 Å².